The zero-order valence-corrected chi connectivity index (χ0v) is 15.6. The average molecular weight is 362 g/mol. The summed E-state index contributed by atoms with van der Waals surface area (Å²) in [6.07, 6.45) is 1.97. The lowest BCUT2D eigenvalue weighted by Crippen LogP contribution is -2.25. The third kappa shape index (κ3) is 4.73. The number of aryl methyl sites for hydroxylation is 2. The molecule has 0 spiro atoms. The summed E-state index contributed by atoms with van der Waals surface area (Å²) in [7, 11) is 0. The van der Waals surface area contributed by atoms with Crippen molar-refractivity contribution >= 4 is 28.9 Å². The molecule has 0 aliphatic rings. The van der Waals surface area contributed by atoms with Gasteiger partial charge in [-0.2, -0.15) is 5.26 Å². The van der Waals surface area contributed by atoms with Crippen LogP contribution in [0.4, 0.5) is 17.1 Å². The summed E-state index contributed by atoms with van der Waals surface area (Å²) in [4.78, 5) is 25.9. The highest BCUT2D eigenvalue weighted by atomic mass is 16.2. The monoisotopic (exact) mass is 362 g/mol. The Balaban J connectivity index is 2.38. The highest BCUT2D eigenvalue weighted by Gasteiger charge is 2.17. The molecule has 6 nitrogen and oxygen atoms in total. The van der Waals surface area contributed by atoms with Gasteiger partial charge in [0.1, 0.15) is 11.6 Å². The van der Waals surface area contributed by atoms with Crippen molar-refractivity contribution < 1.29 is 9.59 Å². The number of hydrogen-bond acceptors (Lipinski definition) is 4. The Kier molecular flexibility index (Phi) is 6.34. The largest absolute Gasteiger partial charge is 0.399 e. The molecule has 0 aromatic heterocycles. The van der Waals surface area contributed by atoms with Crippen LogP contribution in [0.15, 0.2) is 54.2 Å². The maximum atomic E-state index is 12.7. The molecule has 0 radical (unpaired) electrons. The molecule has 2 rings (SSSR count). The molecule has 0 heterocycles. The van der Waals surface area contributed by atoms with Gasteiger partial charge in [0.05, 0.1) is 5.69 Å². The minimum atomic E-state index is -0.573. The number of hydrogen-bond donors (Lipinski definition) is 2. The highest BCUT2D eigenvalue weighted by molar-refractivity contribution is 6.08. The van der Waals surface area contributed by atoms with Crippen LogP contribution in [-0.2, 0) is 16.0 Å². The first-order chi connectivity index (χ1) is 12.9. The number of benzene rings is 2. The van der Waals surface area contributed by atoms with Crippen LogP contribution in [0.2, 0.25) is 0 Å². The van der Waals surface area contributed by atoms with E-state index in [0.29, 0.717) is 17.1 Å². The number of nitrogens with two attached hydrogens (primary N) is 1. The molecule has 0 unspecified atom stereocenters. The van der Waals surface area contributed by atoms with E-state index in [-0.39, 0.29) is 11.5 Å². The fourth-order valence-corrected chi connectivity index (χ4v) is 2.67. The Labute approximate surface area is 158 Å². The van der Waals surface area contributed by atoms with Crippen molar-refractivity contribution in [2.75, 3.05) is 16.0 Å². The van der Waals surface area contributed by atoms with Gasteiger partial charge in [-0.3, -0.25) is 14.5 Å². The van der Waals surface area contributed by atoms with Crippen molar-refractivity contribution in [2.45, 2.75) is 27.2 Å². The summed E-state index contributed by atoms with van der Waals surface area (Å²) in [6.45, 7) is 5.23. The Morgan fingerprint density at radius 1 is 1.26 bits per heavy atom. The van der Waals surface area contributed by atoms with Gasteiger partial charge in [-0.1, -0.05) is 31.2 Å². The van der Waals surface area contributed by atoms with E-state index in [9.17, 15) is 14.9 Å². The first-order valence-electron chi connectivity index (χ1n) is 8.54. The van der Waals surface area contributed by atoms with Crippen LogP contribution in [0, 0.1) is 18.3 Å². The number of nitrogens with one attached hydrogen (secondary N) is 1. The Morgan fingerprint density at radius 3 is 2.56 bits per heavy atom. The van der Waals surface area contributed by atoms with Crippen molar-refractivity contribution in [1.82, 2.24) is 0 Å². The van der Waals surface area contributed by atoms with Gasteiger partial charge >= 0.3 is 0 Å². The van der Waals surface area contributed by atoms with E-state index in [0.717, 1.165) is 17.5 Å². The molecule has 0 saturated heterocycles. The van der Waals surface area contributed by atoms with Crippen LogP contribution < -0.4 is 16.0 Å². The normalized spacial score (nSPS) is 10.8. The second kappa shape index (κ2) is 8.68. The molecule has 138 valence electrons. The third-order valence-electron chi connectivity index (χ3n) is 4.09. The van der Waals surface area contributed by atoms with E-state index in [2.05, 4.69) is 5.32 Å². The molecule has 3 N–H and O–H groups in total. The molecule has 6 heteroatoms. The molecular weight excluding hydrogens is 340 g/mol. The van der Waals surface area contributed by atoms with Gasteiger partial charge in [0.2, 0.25) is 5.91 Å². The topological polar surface area (TPSA) is 99.2 Å². The van der Waals surface area contributed by atoms with E-state index < -0.39 is 5.91 Å². The first-order valence-corrected chi connectivity index (χ1v) is 8.54. The van der Waals surface area contributed by atoms with Gasteiger partial charge < -0.3 is 11.1 Å². The number of nitriles is 1. The molecule has 2 aromatic carbocycles. The summed E-state index contributed by atoms with van der Waals surface area (Å²) in [5.41, 5.74) is 9.10. The van der Waals surface area contributed by atoms with Crippen LogP contribution >= 0.6 is 0 Å². The standard InChI is InChI=1S/C21H22N4O2/c1-4-16-8-5-7-14(2)20(16)24-21(27)17(12-22)13-25(15(3)26)19-10-6-9-18(23)11-19/h5-11,13H,4,23H2,1-3H3,(H,24,27)/b17-13-. The predicted octanol–water partition coefficient (Wildman–Crippen LogP) is 3.54. The SMILES string of the molecule is CCc1cccc(C)c1NC(=O)/C(C#N)=C\N(C(C)=O)c1cccc(N)c1. The third-order valence-corrected chi connectivity index (χ3v) is 4.09. The molecule has 0 aliphatic heterocycles. The lowest BCUT2D eigenvalue weighted by atomic mass is 10.1. The lowest BCUT2D eigenvalue weighted by Gasteiger charge is -2.18. The van der Waals surface area contributed by atoms with Crippen molar-refractivity contribution in [3.63, 3.8) is 0 Å². The van der Waals surface area contributed by atoms with Gasteiger partial charge in [0.25, 0.3) is 5.91 Å². The van der Waals surface area contributed by atoms with Gasteiger partial charge in [-0.25, -0.2) is 0 Å². The zero-order chi connectivity index (χ0) is 20.0. The number of amides is 2. The first kappa shape index (κ1) is 19.7. The molecule has 2 amide bonds. The van der Waals surface area contributed by atoms with Crippen LogP contribution in [0.25, 0.3) is 0 Å². The molecule has 0 fully saturated rings. The molecule has 0 atom stereocenters. The average Bonchev–Trinajstić information content (AvgIpc) is 2.63. The van der Waals surface area contributed by atoms with Crippen molar-refractivity contribution in [2.24, 2.45) is 0 Å². The molecule has 0 saturated carbocycles. The van der Waals surface area contributed by atoms with Gasteiger partial charge in [0, 0.05) is 24.5 Å². The van der Waals surface area contributed by atoms with E-state index in [1.807, 2.05) is 38.1 Å². The molecule has 27 heavy (non-hydrogen) atoms. The fraction of sp³-hybridized carbons (Fsp3) is 0.190. The Bertz CT molecular complexity index is 941. The van der Waals surface area contributed by atoms with Crippen molar-refractivity contribution in [3.05, 3.63) is 65.4 Å². The number of nitrogens with zero attached hydrogens (tertiary/aromatic N) is 2. The number of anilines is 3. The van der Waals surface area contributed by atoms with E-state index in [1.165, 1.54) is 18.0 Å². The maximum absolute atomic E-state index is 12.7. The van der Waals surface area contributed by atoms with Gasteiger partial charge in [-0.15, -0.1) is 0 Å². The quantitative estimate of drug-likeness (QED) is 0.483. The molecule has 2 aromatic rings. The number of rotatable bonds is 5. The maximum Gasteiger partial charge on any atom is 0.267 e. The van der Waals surface area contributed by atoms with Crippen LogP contribution in [0.3, 0.4) is 0 Å². The van der Waals surface area contributed by atoms with E-state index in [4.69, 9.17) is 5.73 Å². The minimum absolute atomic E-state index is 0.182. The summed E-state index contributed by atoms with van der Waals surface area (Å²) >= 11 is 0. The number of para-hydroxylation sites is 1. The fourth-order valence-electron chi connectivity index (χ4n) is 2.67. The Morgan fingerprint density at radius 2 is 1.96 bits per heavy atom. The smallest absolute Gasteiger partial charge is 0.267 e. The van der Waals surface area contributed by atoms with Crippen LogP contribution in [0.5, 0.6) is 0 Å². The molecular formula is C21H22N4O2. The molecule has 0 bridgehead atoms. The van der Waals surface area contributed by atoms with Crippen LogP contribution in [-0.4, -0.2) is 11.8 Å². The van der Waals surface area contributed by atoms with Crippen LogP contribution in [0.1, 0.15) is 25.0 Å². The number of nitrogen functional groups attached to an aromatic ring is 1. The summed E-state index contributed by atoms with van der Waals surface area (Å²) in [5.74, 6) is -0.914. The Hall–Kier alpha value is -3.59. The zero-order valence-electron chi connectivity index (χ0n) is 15.6. The summed E-state index contributed by atoms with van der Waals surface area (Å²) in [6, 6.07) is 14.3. The number of carbonyl (C=O) groups excluding carboxylic acids is 2. The van der Waals surface area contributed by atoms with E-state index >= 15 is 0 Å². The summed E-state index contributed by atoms with van der Waals surface area (Å²) < 4.78 is 0. The second-order valence-electron chi connectivity index (χ2n) is 6.06. The molecule has 0 aliphatic carbocycles. The number of carbonyl (C=O) groups is 2. The van der Waals surface area contributed by atoms with E-state index in [1.54, 1.807) is 24.3 Å². The lowest BCUT2D eigenvalue weighted by molar-refractivity contribution is -0.116. The second-order valence-corrected chi connectivity index (χ2v) is 6.06. The predicted molar refractivity (Wildman–Crippen MR) is 107 cm³/mol. The highest BCUT2D eigenvalue weighted by Crippen LogP contribution is 2.23. The van der Waals surface area contributed by atoms with Crippen molar-refractivity contribution in [1.29, 1.82) is 5.26 Å². The van der Waals surface area contributed by atoms with Crippen molar-refractivity contribution in [3.8, 4) is 6.07 Å². The van der Waals surface area contributed by atoms with Gasteiger partial charge in [0.15, 0.2) is 0 Å². The summed E-state index contributed by atoms with van der Waals surface area (Å²) in [5, 5.41) is 12.3. The minimum Gasteiger partial charge on any atom is -0.399 e. The van der Waals surface area contributed by atoms with Gasteiger partial charge in [-0.05, 0) is 42.7 Å².